The molecule has 6 nitrogen and oxygen atoms in total. The number of fused-ring (bicyclic) bond motifs is 1. The Morgan fingerprint density at radius 1 is 1.21 bits per heavy atom. The third-order valence-corrected chi connectivity index (χ3v) is 5.56. The molecule has 1 fully saturated rings. The maximum atomic E-state index is 12.7. The zero-order chi connectivity index (χ0) is 20.4. The Balaban J connectivity index is 1.49. The molecule has 3 rings (SSSR count). The van der Waals surface area contributed by atoms with Gasteiger partial charge < -0.3 is 15.3 Å². The number of halogens is 1. The maximum Gasteiger partial charge on any atom is 0.320 e. The number of hydrogen-bond donors (Lipinski definition) is 2. The van der Waals surface area contributed by atoms with Gasteiger partial charge in [-0.3, -0.25) is 14.4 Å². The monoisotopic (exact) mass is 405 g/mol. The number of hydrogen-bond acceptors (Lipinski definition) is 5. The summed E-state index contributed by atoms with van der Waals surface area (Å²) in [7, 11) is 0. The van der Waals surface area contributed by atoms with E-state index in [2.05, 4.69) is 0 Å². The van der Waals surface area contributed by atoms with Crippen LogP contribution in [0.1, 0.15) is 54.6 Å². The second-order valence-electron chi connectivity index (χ2n) is 7.56. The first-order valence-corrected chi connectivity index (χ1v) is 9.90. The highest BCUT2D eigenvalue weighted by Gasteiger charge is 2.47. The van der Waals surface area contributed by atoms with E-state index < -0.39 is 12.0 Å². The van der Waals surface area contributed by atoms with E-state index in [1.165, 1.54) is 0 Å². The van der Waals surface area contributed by atoms with E-state index in [-0.39, 0.29) is 23.4 Å². The first kappa shape index (κ1) is 20.6. The highest BCUT2D eigenvalue weighted by molar-refractivity contribution is 6.35. The van der Waals surface area contributed by atoms with Crippen LogP contribution >= 0.6 is 11.6 Å². The van der Waals surface area contributed by atoms with Crippen LogP contribution in [0.15, 0.2) is 22.6 Å². The summed E-state index contributed by atoms with van der Waals surface area (Å²) in [5.74, 6) is -0.700. The molecule has 150 valence electrons. The van der Waals surface area contributed by atoms with E-state index in [9.17, 15) is 14.4 Å². The minimum atomic E-state index is -1.00. The molecule has 2 aromatic rings. The van der Waals surface area contributed by atoms with Gasteiger partial charge in [-0.15, -0.1) is 0 Å². The van der Waals surface area contributed by atoms with Gasteiger partial charge >= 0.3 is 5.97 Å². The molecule has 1 aromatic heterocycles. The van der Waals surface area contributed by atoms with Crippen molar-refractivity contribution in [1.29, 1.82) is 0 Å². The number of benzene rings is 1. The number of carboxylic acids is 1. The second kappa shape index (κ2) is 8.45. The zero-order valence-electron chi connectivity index (χ0n) is 15.7. The average Bonchev–Trinajstić information content (AvgIpc) is 3.35. The van der Waals surface area contributed by atoms with Crippen molar-refractivity contribution in [1.82, 2.24) is 0 Å². The van der Waals surface area contributed by atoms with Gasteiger partial charge in [-0.05, 0) is 44.4 Å². The van der Waals surface area contributed by atoms with E-state index in [0.29, 0.717) is 48.3 Å². The van der Waals surface area contributed by atoms with Crippen LogP contribution in [0.2, 0.25) is 5.02 Å². The molecule has 1 aliphatic carbocycles. The fourth-order valence-corrected chi connectivity index (χ4v) is 3.85. The summed E-state index contributed by atoms with van der Waals surface area (Å²) >= 11 is 6.23. The fourth-order valence-electron chi connectivity index (χ4n) is 3.59. The number of rotatable bonds is 10. The Hall–Kier alpha value is -2.18. The molecule has 0 saturated heterocycles. The molecule has 0 unspecified atom stereocenters. The molecule has 1 saturated carbocycles. The first-order chi connectivity index (χ1) is 13.3. The summed E-state index contributed by atoms with van der Waals surface area (Å²) in [6.45, 7) is 1.82. The standard InChI is InChI=1S/C21H24ClNO5/c1-11-7-13-8-12(9-16(22)20(13)28-11)19(25)15-10-14(15)18(24)6-4-2-3-5-17(23)21(26)27/h7-9,14-15,17H,2-6,10,23H2,1H3,(H,26,27)/t14-,15-,17-/m0/s1. The number of furan rings is 1. The van der Waals surface area contributed by atoms with Crippen molar-refractivity contribution in [3.63, 3.8) is 0 Å². The highest BCUT2D eigenvalue weighted by atomic mass is 35.5. The number of Topliss-reactive ketones (excluding diaryl/α,β-unsaturated/α-hetero) is 2. The van der Waals surface area contributed by atoms with Crippen LogP contribution < -0.4 is 5.73 Å². The molecule has 1 aliphatic rings. The van der Waals surface area contributed by atoms with Gasteiger partial charge in [0.05, 0.1) is 5.02 Å². The number of carbonyl (C=O) groups excluding carboxylic acids is 2. The maximum absolute atomic E-state index is 12.7. The number of aliphatic carboxylic acids is 1. The van der Waals surface area contributed by atoms with Gasteiger partial charge in [0.1, 0.15) is 17.6 Å². The summed E-state index contributed by atoms with van der Waals surface area (Å²) in [5.41, 5.74) is 6.54. The van der Waals surface area contributed by atoms with Crippen LogP contribution in [0.5, 0.6) is 0 Å². The number of carboxylic acid groups (broad SMARTS) is 1. The molecule has 0 radical (unpaired) electrons. The average molecular weight is 406 g/mol. The second-order valence-corrected chi connectivity index (χ2v) is 7.96. The van der Waals surface area contributed by atoms with Gasteiger partial charge in [-0.2, -0.15) is 0 Å². The SMILES string of the molecule is Cc1cc2cc(C(=O)[C@H]3C[C@@H]3C(=O)CCCCC[C@H](N)C(=O)O)cc(Cl)c2o1. The molecular formula is C21H24ClNO5. The molecule has 1 heterocycles. The fraction of sp³-hybridized carbons (Fsp3) is 0.476. The van der Waals surface area contributed by atoms with E-state index in [1.807, 2.05) is 13.0 Å². The van der Waals surface area contributed by atoms with Crippen molar-refractivity contribution >= 4 is 40.1 Å². The van der Waals surface area contributed by atoms with Crippen molar-refractivity contribution in [2.24, 2.45) is 17.6 Å². The zero-order valence-corrected chi connectivity index (χ0v) is 16.5. The summed E-state index contributed by atoms with van der Waals surface area (Å²) in [5, 5.41) is 9.92. The summed E-state index contributed by atoms with van der Waals surface area (Å²) in [4.78, 5) is 35.7. The normalized spacial score (nSPS) is 19.5. The minimum absolute atomic E-state index is 0.0477. The summed E-state index contributed by atoms with van der Waals surface area (Å²) < 4.78 is 5.52. The molecule has 3 N–H and O–H groups in total. The topological polar surface area (TPSA) is 111 Å². The van der Waals surface area contributed by atoms with Gasteiger partial charge in [-0.1, -0.05) is 24.4 Å². The van der Waals surface area contributed by atoms with Crippen molar-refractivity contribution in [2.75, 3.05) is 0 Å². The van der Waals surface area contributed by atoms with Crippen molar-refractivity contribution in [3.05, 3.63) is 34.5 Å². The summed E-state index contributed by atoms with van der Waals surface area (Å²) in [6, 6.07) is 4.38. The molecule has 0 aliphatic heterocycles. The third kappa shape index (κ3) is 4.62. The van der Waals surface area contributed by atoms with E-state index in [4.69, 9.17) is 26.9 Å². The van der Waals surface area contributed by atoms with Gasteiger partial charge in [-0.25, -0.2) is 0 Å². The van der Waals surface area contributed by atoms with Crippen molar-refractivity contribution in [3.8, 4) is 0 Å². The molecule has 7 heteroatoms. The number of ketones is 2. The molecule has 0 bridgehead atoms. The minimum Gasteiger partial charge on any atom is -0.480 e. The smallest absolute Gasteiger partial charge is 0.320 e. The van der Waals surface area contributed by atoms with Crippen LogP contribution in [0.25, 0.3) is 11.0 Å². The Labute approximate surface area is 168 Å². The van der Waals surface area contributed by atoms with Gasteiger partial charge in [0.2, 0.25) is 0 Å². The molecule has 3 atom stereocenters. The molecular weight excluding hydrogens is 382 g/mol. The Morgan fingerprint density at radius 2 is 1.96 bits per heavy atom. The van der Waals surface area contributed by atoms with Crippen LogP contribution in [0.4, 0.5) is 0 Å². The van der Waals surface area contributed by atoms with Crippen molar-refractivity contribution in [2.45, 2.75) is 51.5 Å². The number of carbonyl (C=O) groups is 3. The molecule has 0 spiro atoms. The predicted octanol–water partition coefficient (Wildman–Crippen LogP) is 4.14. The lowest BCUT2D eigenvalue weighted by Gasteiger charge is -2.05. The van der Waals surface area contributed by atoms with Crippen molar-refractivity contribution < 1.29 is 23.9 Å². The Morgan fingerprint density at radius 3 is 2.68 bits per heavy atom. The number of aryl methyl sites for hydroxylation is 1. The van der Waals surface area contributed by atoms with E-state index >= 15 is 0 Å². The van der Waals surface area contributed by atoms with E-state index in [0.717, 1.165) is 17.6 Å². The van der Waals surface area contributed by atoms with Crippen LogP contribution in [0, 0.1) is 18.8 Å². The lowest BCUT2D eigenvalue weighted by Crippen LogP contribution is -2.29. The summed E-state index contributed by atoms with van der Waals surface area (Å²) in [6.07, 6.45) is 3.53. The van der Waals surface area contributed by atoms with Gasteiger partial charge in [0.25, 0.3) is 0 Å². The first-order valence-electron chi connectivity index (χ1n) is 9.53. The van der Waals surface area contributed by atoms with Crippen LogP contribution in [0.3, 0.4) is 0 Å². The van der Waals surface area contributed by atoms with Crippen LogP contribution in [-0.2, 0) is 9.59 Å². The third-order valence-electron chi connectivity index (χ3n) is 5.27. The van der Waals surface area contributed by atoms with E-state index in [1.54, 1.807) is 12.1 Å². The van der Waals surface area contributed by atoms with Gasteiger partial charge in [0, 0.05) is 29.2 Å². The molecule has 1 aromatic carbocycles. The predicted molar refractivity (Wildman–Crippen MR) is 106 cm³/mol. The molecule has 0 amide bonds. The lowest BCUT2D eigenvalue weighted by atomic mass is 10.0. The Bertz CT molecular complexity index is 919. The largest absolute Gasteiger partial charge is 0.480 e. The highest BCUT2D eigenvalue weighted by Crippen LogP contribution is 2.43. The molecule has 28 heavy (non-hydrogen) atoms. The van der Waals surface area contributed by atoms with Gasteiger partial charge in [0.15, 0.2) is 11.4 Å². The Kier molecular flexibility index (Phi) is 6.20. The number of nitrogens with two attached hydrogens (primary N) is 1. The van der Waals surface area contributed by atoms with Crippen LogP contribution in [-0.4, -0.2) is 28.7 Å². The quantitative estimate of drug-likeness (QED) is 0.454. The number of unbranched alkanes of at least 4 members (excludes halogenated alkanes) is 2. The lowest BCUT2D eigenvalue weighted by molar-refractivity contribution is -0.138.